The Morgan fingerprint density at radius 2 is 1.77 bits per heavy atom. The lowest BCUT2D eigenvalue weighted by Crippen LogP contribution is -2.14. The van der Waals surface area contributed by atoms with Gasteiger partial charge in [0.25, 0.3) is 11.6 Å². The van der Waals surface area contributed by atoms with Crippen molar-refractivity contribution in [1.29, 1.82) is 0 Å². The molecule has 0 bridgehead atoms. The van der Waals surface area contributed by atoms with Crippen molar-refractivity contribution in [2.75, 3.05) is 11.1 Å². The van der Waals surface area contributed by atoms with Crippen LogP contribution < -0.4 is 5.32 Å². The van der Waals surface area contributed by atoms with Crippen LogP contribution in [0.1, 0.15) is 22.8 Å². The Kier molecular flexibility index (Phi) is 5.88. The minimum Gasteiger partial charge on any atom is -0.322 e. The number of hydrogen-bond donors (Lipinski definition) is 1. The van der Waals surface area contributed by atoms with Gasteiger partial charge in [0.05, 0.1) is 16.4 Å². The summed E-state index contributed by atoms with van der Waals surface area (Å²) in [5.74, 6) is -0.516. The summed E-state index contributed by atoms with van der Waals surface area (Å²) in [5, 5.41) is 21.4. The first kappa shape index (κ1) is 21.1. The molecule has 0 fully saturated rings. The molecule has 0 saturated carbocycles. The SMILES string of the molecule is CCS(=O)(=O)c1ccc(-c2ccc(NC(=O)c3cccc([N+](=O)[O-])c3C)cc2)nn1. The predicted octanol–water partition coefficient (Wildman–Crippen LogP) is 3.41. The Balaban J connectivity index is 1.77. The van der Waals surface area contributed by atoms with Crippen molar-refractivity contribution in [3.05, 3.63) is 75.8 Å². The molecule has 1 heterocycles. The second kappa shape index (κ2) is 8.37. The van der Waals surface area contributed by atoms with Crippen LogP contribution in [0.4, 0.5) is 11.4 Å². The average Bonchev–Trinajstić information content (AvgIpc) is 2.74. The lowest BCUT2D eigenvalue weighted by molar-refractivity contribution is -0.385. The van der Waals surface area contributed by atoms with Gasteiger partial charge < -0.3 is 5.32 Å². The summed E-state index contributed by atoms with van der Waals surface area (Å²) in [6, 6.07) is 14.0. The molecular formula is C20H18N4O5S. The number of sulfone groups is 1. The van der Waals surface area contributed by atoms with Crippen molar-refractivity contribution >= 4 is 27.1 Å². The molecule has 0 saturated heterocycles. The van der Waals surface area contributed by atoms with Gasteiger partial charge in [0, 0.05) is 28.4 Å². The fraction of sp³-hybridized carbons (Fsp3) is 0.150. The quantitative estimate of drug-likeness (QED) is 0.472. The molecular weight excluding hydrogens is 408 g/mol. The van der Waals surface area contributed by atoms with E-state index in [2.05, 4.69) is 15.5 Å². The maximum absolute atomic E-state index is 12.5. The highest BCUT2D eigenvalue weighted by Gasteiger charge is 2.18. The number of carbonyl (C=O) groups excluding carboxylic acids is 1. The molecule has 0 spiro atoms. The standard InChI is InChI=1S/C20H18N4O5S/c1-3-30(28,29)19-12-11-17(22-23-19)14-7-9-15(10-8-14)21-20(25)16-5-4-6-18(13(16)2)24(26)27/h4-12H,3H2,1-2H3,(H,21,25). The minimum absolute atomic E-state index is 0.0561. The molecule has 0 radical (unpaired) electrons. The Hall–Kier alpha value is -3.66. The Morgan fingerprint density at radius 1 is 1.07 bits per heavy atom. The zero-order valence-electron chi connectivity index (χ0n) is 16.2. The van der Waals surface area contributed by atoms with Gasteiger partial charge in [-0.25, -0.2) is 8.42 Å². The van der Waals surface area contributed by atoms with E-state index in [1.807, 2.05) is 0 Å². The van der Waals surface area contributed by atoms with Crippen molar-refractivity contribution in [1.82, 2.24) is 10.2 Å². The molecule has 0 atom stereocenters. The van der Waals surface area contributed by atoms with Gasteiger partial charge in [-0.05, 0) is 37.3 Å². The monoisotopic (exact) mass is 426 g/mol. The number of nitro benzene ring substituents is 1. The molecule has 2 aromatic carbocycles. The second-order valence-corrected chi connectivity index (χ2v) is 8.62. The van der Waals surface area contributed by atoms with E-state index in [0.717, 1.165) is 0 Å². The summed E-state index contributed by atoms with van der Waals surface area (Å²) in [7, 11) is -3.42. The molecule has 3 aromatic rings. The topological polar surface area (TPSA) is 132 Å². The minimum atomic E-state index is -3.42. The lowest BCUT2D eigenvalue weighted by Gasteiger charge is -2.09. The van der Waals surface area contributed by atoms with Gasteiger partial charge in [-0.2, -0.15) is 0 Å². The molecule has 154 valence electrons. The van der Waals surface area contributed by atoms with Crippen molar-refractivity contribution in [3.63, 3.8) is 0 Å². The Morgan fingerprint density at radius 3 is 2.33 bits per heavy atom. The number of nitro groups is 1. The van der Waals surface area contributed by atoms with Crippen LogP contribution in [-0.2, 0) is 9.84 Å². The highest BCUT2D eigenvalue weighted by molar-refractivity contribution is 7.91. The van der Waals surface area contributed by atoms with Gasteiger partial charge in [0.15, 0.2) is 14.9 Å². The first-order valence-electron chi connectivity index (χ1n) is 8.95. The van der Waals surface area contributed by atoms with Crippen LogP contribution in [0.25, 0.3) is 11.3 Å². The number of nitrogens with zero attached hydrogens (tertiary/aromatic N) is 3. The lowest BCUT2D eigenvalue weighted by atomic mass is 10.1. The van der Waals surface area contributed by atoms with E-state index in [4.69, 9.17) is 0 Å². The van der Waals surface area contributed by atoms with Crippen molar-refractivity contribution in [2.45, 2.75) is 18.9 Å². The van der Waals surface area contributed by atoms with Gasteiger partial charge in [0.2, 0.25) is 0 Å². The van der Waals surface area contributed by atoms with E-state index in [-0.39, 0.29) is 27.6 Å². The van der Waals surface area contributed by atoms with Crippen molar-refractivity contribution in [3.8, 4) is 11.3 Å². The molecule has 0 unspecified atom stereocenters. The van der Waals surface area contributed by atoms with Gasteiger partial charge >= 0.3 is 0 Å². The van der Waals surface area contributed by atoms with E-state index in [9.17, 15) is 23.3 Å². The largest absolute Gasteiger partial charge is 0.322 e. The summed E-state index contributed by atoms with van der Waals surface area (Å²) in [4.78, 5) is 23.0. The molecule has 30 heavy (non-hydrogen) atoms. The maximum Gasteiger partial charge on any atom is 0.273 e. The molecule has 0 aliphatic carbocycles. The zero-order valence-corrected chi connectivity index (χ0v) is 17.0. The Labute approximate surface area is 172 Å². The maximum atomic E-state index is 12.5. The fourth-order valence-corrected chi connectivity index (χ4v) is 3.51. The van der Waals surface area contributed by atoms with Crippen LogP contribution >= 0.6 is 0 Å². The number of hydrogen-bond acceptors (Lipinski definition) is 7. The third kappa shape index (κ3) is 4.33. The average molecular weight is 426 g/mol. The number of benzene rings is 2. The van der Waals surface area contributed by atoms with Gasteiger partial charge in [-0.3, -0.25) is 14.9 Å². The van der Waals surface area contributed by atoms with Crippen molar-refractivity contribution < 1.29 is 18.1 Å². The van der Waals surface area contributed by atoms with Gasteiger partial charge in [-0.15, -0.1) is 10.2 Å². The van der Waals surface area contributed by atoms with Gasteiger partial charge in [0.1, 0.15) is 0 Å². The third-order valence-electron chi connectivity index (χ3n) is 4.52. The van der Waals surface area contributed by atoms with E-state index in [1.165, 1.54) is 38.1 Å². The molecule has 0 aliphatic rings. The zero-order chi connectivity index (χ0) is 21.9. The summed E-state index contributed by atoms with van der Waals surface area (Å²) < 4.78 is 23.6. The highest BCUT2D eigenvalue weighted by Crippen LogP contribution is 2.23. The first-order valence-corrected chi connectivity index (χ1v) is 10.6. The molecule has 1 N–H and O–H groups in total. The number of nitrogens with one attached hydrogen (secondary N) is 1. The van der Waals surface area contributed by atoms with Crippen LogP contribution in [-0.4, -0.2) is 35.2 Å². The number of amides is 1. The molecule has 1 amide bonds. The summed E-state index contributed by atoms with van der Waals surface area (Å²) in [6.07, 6.45) is 0. The van der Waals surface area contributed by atoms with Crippen molar-refractivity contribution in [2.24, 2.45) is 0 Å². The second-order valence-electron chi connectivity index (χ2n) is 6.40. The molecule has 0 aliphatic heterocycles. The molecule has 3 rings (SSSR count). The molecule has 1 aromatic heterocycles. The van der Waals surface area contributed by atoms with Crippen LogP contribution in [0, 0.1) is 17.0 Å². The number of aromatic nitrogens is 2. The summed E-state index contributed by atoms with van der Waals surface area (Å²) in [6.45, 7) is 3.06. The number of rotatable bonds is 6. The third-order valence-corrected chi connectivity index (χ3v) is 6.14. The highest BCUT2D eigenvalue weighted by atomic mass is 32.2. The Bertz CT molecular complexity index is 1210. The normalized spacial score (nSPS) is 11.1. The summed E-state index contributed by atoms with van der Waals surface area (Å²) in [5.41, 5.74) is 2.05. The molecule has 10 heteroatoms. The predicted molar refractivity (Wildman–Crippen MR) is 111 cm³/mol. The number of carbonyl (C=O) groups is 1. The first-order chi connectivity index (χ1) is 14.2. The smallest absolute Gasteiger partial charge is 0.273 e. The number of anilines is 1. The van der Waals surface area contributed by atoms with E-state index in [1.54, 1.807) is 30.3 Å². The van der Waals surface area contributed by atoms with Crippen LogP contribution in [0.5, 0.6) is 0 Å². The van der Waals surface area contributed by atoms with Gasteiger partial charge in [-0.1, -0.05) is 25.1 Å². The van der Waals surface area contributed by atoms with Crippen LogP contribution in [0.15, 0.2) is 59.6 Å². The van der Waals surface area contributed by atoms with E-state index >= 15 is 0 Å². The molecule has 9 nitrogen and oxygen atoms in total. The fourth-order valence-electron chi connectivity index (χ4n) is 2.78. The van der Waals surface area contributed by atoms with Crippen LogP contribution in [0.3, 0.4) is 0 Å². The summed E-state index contributed by atoms with van der Waals surface area (Å²) >= 11 is 0. The van der Waals surface area contributed by atoms with E-state index < -0.39 is 20.7 Å². The van der Waals surface area contributed by atoms with E-state index in [0.29, 0.717) is 16.9 Å². The van der Waals surface area contributed by atoms with Crippen LogP contribution in [0.2, 0.25) is 0 Å².